The smallest absolute Gasteiger partial charge is 0.130 e. The lowest BCUT2D eigenvalue weighted by atomic mass is 9.95. The molecule has 142 valence electrons. The van der Waals surface area contributed by atoms with E-state index in [0.29, 0.717) is 12.4 Å². The molecule has 3 rings (SSSR count). The minimum atomic E-state index is 0.403. The SMILES string of the molecule is C/C=C(CNC(=N)c1c(C)cccc1-c1ccccc1)\N=c1\cccc(C)[nH]1. The number of hydrogen-bond acceptors (Lipinski definition) is 2. The van der Waals surface area contributed by atoms with E-state index in [1.54, 1.807) is 0 Å². The third kappa shape index (κ3) is 4.65. The van der Waals surface area contributed by atoms with Crippen LogP contribution in [0.4, 0.5) is 0 Å². The van der Waals surface area contributed by atoms with Crippen molar-refractivity contribution in [1.82, 2.24) is 10.3 Å². The summed E-state index contributed by atoms with van der Waals surface area (Å²) in [5.41, 5.74) is 6.91. The Morgan fingerprint density at radius 3 is 2.46 bits per heavy atom. The van der Waals surface area contributed by atoms with Gasteiger partial charge < -0.3 is 10.3 Å². The number of benzene rings is 2. The minimum Gasteiger partial charge on any atom is -0.364 e. The van der Waals surface area contributed by atoms with Crippen LogP contribution >= 0.6 is 0 Å². The Kier molecular flexibility index (Phi) is 6.22. The van der Waals surface area contributed by atoms with E-state index >= 15 is 0 Å². The van der Waals surface area contributed by atoms with E-state index in [2.05, 4.69) is 33.5 Å². The van der Waals surface area contributed by atoms with Gasteiger partial charge in [-0.15, -0.1) is 0 Å². The molecule has 0 aliphatic carbocycles. The van der Waals surface area contributed by atoms with Gasteiger partial charge in [0.25, 0.3) is 0 Å². The zero-order chi connectivity index (χ0) is 19.9. The highest BCUT2D eigenvalue weighted by atomic mass is 15.0. The van der Waals surface area contributed by atoms with E-state index in [1.165, 1.54) is 0 Å². The predicted molar refractivity (Wildman–Crippen MR) is 116 cm³/mol. The standard InChI is InChI=1S/C24H26N4/c1-4-20(28-22-15-9-11-18(3)27-22)16-26-24(25)23-17(2)10-8-14-21(23)19-12-6-5-7-13-19/h4-15H,16H2,1-3H3,(H2,25,26)(H,27,28)/b20-4-. The van der Waals surface area contributed by atoms with Gasteiger partial charge in [0.2, 0.25) is 0 Å². The molecule has 0 aliphatic rings. The first kappa shape index (κ1) is 19.4. The largest absolute Gasteiger partial charge is 0.364 e. The third-order valence-electron chi connectivity index (χ3n) is 4.58. The first-order chi connectivity index (χ1) is 13.6. The second-order valence-corrected chi connectivity index (χ2v) is 6.70. The van der Waals surface area contributed by atoms with Crippen molar-refractivity contribution < 1.29 is 0 Å². The van der Waals surface area contributed by atoms with Gasteiger partial charge in [-0.1, -0.05) is 60.7 Å². The molecule has 0 atom stereocenters. The van der Waals surface area contributed by atoms with Gasteiger partial charge in [-0.25, -0.2) is 4.99 Å². The fourth-order valence-electron chi connectivity index (χ4n) is 3.12. The van der Waals surface area contributed by atoms with Crippen LogP contribution in [0.25, 0.3) is 11.1 Å². The van der Waals surface area contributed by atoms with Gasteiger partial charge in [0.05, 0.1) is 12.2 Å². The van der Waals surface area contributed by atoms with Crippen LogP contribution in [0.15, 0.2) is 83.5 Å². The Bertz CT molecular complexity index is 1060. The van der Waals surface area contributed by atoms with Gasteiger partial charge in [0.15, 0.2) is 0 Å². The predicted octanol–water partition coefficient (Wildman–Crippen LogP) is 4.72. The Morgan fingerprint density at radius 1 is 1.00 bits per heavy atom. The van der Waals surface area contributed by atoms with Crippen molar-refractivity contribution in [1.29, 1.82) is 5.41 Å². The maximum atomic E-state index is 8.66. The maximum Gasteiger partial charge on any atom is 0.130 e. The molecule has 0 unspecified atom stereocenters. The summed E-state index contributed by atoms with van der Waals surface area (Å²) in [7, 11) is 0. The fraction of sp³-hybridized carbons (Fsp3) is 0.167. The number of aromatic nitrogens is 1. The number of aromatic amines is 1. The van der Waals surface area contributed by atoms with Crippen LogP contribution in [0, 0.1) is 19.3 Å². The molecular weight excluding hydrogens is 344 g/mol. The fourth-order valence-corrected chi connectivity index (χ4v) is 3.12. The monoisotopic (exact) mass is 370 g/mol. The van der Waals surface area contributed by atoms with Crippen LogP contribution in [0.5, 0.6) is 0 Å². The highest BCUT2D eigenvalue weighted by Gasteiger charge is 2.12. The zero-order valence-electron chi connectivity index (χ0n) is 16.6. The van der Waals surface area contributed by atoms with Gasteiger partial charge in [-0.2, -0.15) is 0 Å². The molecule has 3 N–H and O–H groups in total. The number of pyridine rings is 1. The van der Waals surface area contributed by atoms with Crippen LogP contribution in [0.2, 0.25) is 0 Å². The molecule has 28 heavy (non-hydrogen) atoms. The van der Waals surface area contributed by atoms with Crippen molar-refractivity contribution in [3.63, 3.8) is 0 Å². The average molecular weight is 371 g/mol. The zero-order valence-corrected chi connectivity index (χ0v) is 16.6. The summed E-state index contributed by atoms with van der Waals surface area (Å²) in [5, 5.41) is 11.9. The molecular formula is C24H26N4. The second kappa shape index (κ2) is 9.00. The number of rotatable bonds is 5. The highest BCUT2D eigenvalue weighted by molar-refractivity contribution is 6.04. The van der Waals surface area contributed by atoms with Gasteiger partial charge in [0, 0.05) is 11.3 Å². The average Bonchev–Trinajstić information content (AvgIpc) is 2.71. The van der Waals surface area contributed by atoms with Crippen LogP contribution in [-0.4, -0.2) is 17.4 Å². The highest BCUT2D eigenvalue weighted by Crippen LogP contribution is 2.26. The van der Waals surface area contributed by atoms with Crippen molar-refractivity contribution in [3.05, 3.63) is 101 Å². The molecule has 0 saturated carbocycles. The second-order valence-electron chi connectivity index (χ2n) is 6.70. The van der Waals surface area contributed by atoms with Crippen molar-refractivity contribution in [2.24, 2.45) is 4.99 Å². The van der Waals surface area contributed by atoms with Gasteiger partial charge >= 0.3 is 0 Å². The lowest BCUT2D eigenvalue weighted by Crippen LogP contribution is -2.27. The molecule has 4 nitrogen and oxygen atoms in total. The molecule has 0 aliphatic heterocycles. The number of nitrogens with one attached hydrogen (secondary N) is 3. The summed E-state index contributed by atoms with van der Waals surface area (Å²) in [4.78, 5) is 7.90. The summed E-state index contributed by atoms with van der Waals surface area (Å²) >= 11 is 0. The summed E-state index contributed by atoms with van der Waals surface area (Å²) < 4.78 is 0. The van der Waals surface area contributed by atoms with Crippen molar-refractivity contribution in [2.45, 2.75) is 20.8 Å². The van der Waals surface area contributed by atoms with Gasteiger partial charge in [-0.05, 0) is 49.6 Å². The lowest BCUT2D eigenvalue weighted by Gasteiger charge is -2.15. The topological polar surface area (TPSA) is 64.0 Å². The summed E-state index contributed by atoms with van der Waals surface area (Å²) in [5.74, 6) is 0.403. The Balaban J connectivity index is 1.83. The van der Waals surface area contributed by atoms with Crippen LogP contribution < -0.4 is 10.8 Å². The van der Waals surface area contributed by atoms with Crippen LogP contribution in [0.3, 0.4) is 0 Å². The molecule has 0 spiro atoms. The molecule has 2 aromatic carbocycles. The molecule has 0 bridgehead atoms. The number of aryl methyl sites for hydroxylation is 2. The Hall–Kier alpha value is -3.40. The van der Waals surface area contributed by atoms with Gasteiger partial charge in [-0.3, -0.25) is 5.41 Å². The molecule has 1 aromatic heterocycles. The quantitative estimate of drug-likeness (QED) is 0.442. The molecule has 1 heterocycles. The Labute approximate surface area is 166 Å². The summed E-state index contributed by atoms with van der Waals surface area (Å²) in [6.45, 7) is 6.50. The summed E-state index contributed by atoms with van der Waals surface area (Å²) in [6, 6.07) is 22.3. The lowest BCUT2D eigenvalue weighted by molar-refractivity contribution is 0.926. The molecule has 0 radical (unpaired) electrons. The molecule has 0 amide bonds. The number of H-pyrrole nitrogens is 1. The van der Waals surface area contributed by atoms with Crippen molar-refractivity contribution in [3.8, 4) is 11.1 Å². The molecule has 3 aromatic rings. The summed E-state index contributed by atoms with van der Waals surface area (Å²) in [6.07, 6.45) is 1.96. The number of allylic oxidation sites excluding steroid dienone is 1. The maximum absolute atomic E-state index is 8.66. The molecule has 0 fully saturated rings. The molecule has 0 saturated heterocycles. The normalized spacial score (nSPS) is 12.1. The van der Waals surface area contributed by atoms with Crippen molar-refractivity contribution in [2.75, 3.05) is 6.54 Å². The Morgan fingerprint density at radius 2 is 1.75 bits per heavy atom. The van der Waals surface area contributed by atoms with E-state index in [4.69, 9.17) is 5.41 Å². The first-order valence-electron chi connectivity index (χ1n) is 9.42. The van der Waals surface area contributed by atoms with E-state index in [0.717, 1.165) is 39.1 Å². The van der Waals surface area contributed by atoms with E-state index in [9.17, 15) is 0 Å². The van der Waals surface area contributed by atoms with E-state index in [1.807, 2.05) is 75.4 Å². The van der Waals surface area contributed by atoms with Gasteiger partial charge in [0.1, 0.15) is 11.3 Å². The number of hydrogen-bond donors (Lipinski definition) is 3. The third-order valence-corrected chi connectivity index (χ3v) is 4.58. The molecule has 4 heteroatoms. The van der Waals surface area contributed by atoms with E-state index in [-0.39, 0.29) is 0 Å². The van der Waals surface area contributed by atoms with Crippen LogP contribution in [-0.2, 0) is 0 Å². The first-order valence-corrected chi connectivity index (χ1v) is 9.42. The van der Waals surface area contributed by atoms with E-state index < -0.39 is 0 Å². The number of nitrogens with zero attached hydrogens (tertiary/aromatic N) is 1. The van der Waals surface area contributed by atoms with Crippen molar-refractivity contribution >= 4 is 5.84 Å². The number of amidine groups is 1. The van der Waals surface area contributed by atoms with Crippen LogP contribution in [0.1, 0.15) is 23.7 Å². The minimum absolute atomic E-state index is 0.403.